The van der Waals surface area contributed by atoms with Crippen molar-refractivity contribution in [3.05, 3.63) is 12.7 Å². The third kappa shape index (κ3) is 3.67. The zero-order valence-corrected chi connectivity index (χ0v) is 7.14. The zero-order chi connectivity index (χ0) is 7.98. The van der Waals surface area contributed by atoms with Gasteiger partial charge in [0.15, 0.2) is 0 Å². The summed E-state index contributed by atoms with van der Waals surface area (Å²) in [5.74, 6) is 0.464. The van der Waals surface area contributed by atoms with Gasteiger partial charge in [-0.15, -0.1) is 6.58 Å². The van der Waals surface area contributed by atoms with Crippen LogP contribution in [0.4, 0.5) is 0 Å². The second-order valence-corrected chi connectivity index (χ2v) is 2.90. The second kappa shape index (κ2) is 5.48. The standard InChI is InChI=1S/C9H19N/c1-4-6-7-9(10)8(3)5-2/h5,8-9H,2,4,6-7,10H2,1,3H3/t8-,9-/m0/s1. The van der Waals surface area contributed by atoms with E-state index in [9.17, 15) is 0 Å². The van der Waals surface area contributed by atoms with E-state index in [0.717, 1.165) is 6.42 Å². The summed E-state index contributed by atoms with van der Waals surface area (Å²) in [4.78, 5) is 0. The molecule has 0 aromatic carbocycles. The molecule has 0 saturated heterocycles. The molecule has 0 radical (unpaired) electrons. The van der Waals surface area contributed by atoms with Crippen molar-refractivity contribution >= 4 is 0 Å². The second-order valence-electron chi connectivity index (χ2n) is 2.90. The van der Waals surface area contributed by atoms with Crippen molar-refractivity contribution in [1.29, 1.82) is 0 Å². The van der Waals surface area contributed by atoms with Crippen LogP contribution in [0, 0.1) is 5.92 Å². The molecule has 1 nitrogen and oxygen atoms in total. The number of hydrogen-bond acceptors (Lipinski definition) is 1. The topological polar surface area (TPSA) is 26.0 Å². The van der Waals surface area contributed by atoms with Crippen LogP contribution in [0.1, 0.15) is 33.1 Å². The molecule has 0 spiro atoms. The highest BCUT2D eigenvalue weighted by Crippen LogP contribution is 2.08. The molecule has 0 amide bonds. The van der Waals surface area contributed by atoms with E-state index in [2.05, 4.69) is 20.4 Å². The Kier molecular flexibility index (Phi) is 5.32. The largest absolute Gasteiger partial charge is 0.327 e. The van der Waals surface area contributed by atoms with Crippen LogP contribution in [0.3, 0.4) is 0 Å². The first-order chi connectivity index (χ1) is 4.72. The Morgan fingerprint density at radius 3 is 2.60 bits per heavy atom. The van der Waals surface area contributed by atoms with Gasteiger partial charge in [-0.2, -0.15) is 0 Å². The molecule has 0 aliphatic rings. The molecule has 0 aromatic heterocycles. The van der Waals surface area contributed by atoms with Crippen LogP contribution in [0.15, 0.2) is 12.7 Å². The maximum atomic E-state index is 5.84. The number of unbranched alkanes of at least 4 members (excludes halogenated alkanes) is 1. The molecule has 0 aromatic rings. The van der Waals surface area contributed by atoms with Crippen molar-refractivity contribution in [2.45, 2.75) is 39.2 Å². The summed E-state index contributed by atoms with van der Waals surface area (Å²) in [5, 5.41) is 0. The third-order valence-electron chi connectivity index (χ3n) is 1.94. The van der Waals surface area contributed by atoms with E-state index >= 15 is 0 Å². The summed E-state index contributed by atoms with van der Waals surface area (Å²) in [6, 6.07) is 0.317. The number of hydrogen-bond donors (Lipinski definition) is 1. The van der Waals surface area contributed by atoms with Crippen LogP contribution in [-0.2, 0) is 0 Å². The minimum Gasteiger partial charge on any atom is -0.327 e. The molecule has 2 N–H and O–H groups in total. The van der Waals surface area contributed by atoms with E-state index in [0.29, 0.717) is 12.0 Å². The first-order valence-electron chi connectivity index (χ1n) is 4.10. The average Bonchev–Trinajstić information content (AvgIpc) is 1.98. The Bertz CT molecular complexity index is 88.7. The third-order valence-corrected chi connectivity index (χ3v) is 1.94. The van der Waals surface area contributed by atoms with Crippen LogP contribution in [-0.4, -0.2) is 6.04 Å². The first-order valence-corrected chi connectivity index (χ1v) is 4.10. The van der Waals surface area contributed by atoms with Crippen LogP contribution in [0.2, 0.25) is 0 Å². The molecule has 0 aliphatic carbocycles. The Balaban J connectivity index is 3.40. The molecule has 2 atom stereocenters. The van der Waals surface area contributed by atoms with Crippen molar-refractivity contribution in [2.24, 2.45) is 11.7 Å². The average molecular weight is 141 g/mol. The molecule has 60 valence electrons. The summed E-state index contributed by atoms with van der Waals surface area (Å²) >= 11 is 0. The fourth-order valence-corrected chi connectivity index (χ4v) is 0.878. The summed E-state index contributed by atoms with van der Waals surface area (Å²) in [5.41, 5.74) is 5.84. The fraction of sp³-hybridized carbons (Fsp3) is 0.778. The lowest BCUT2D eigenvalue weighted by molar-refractivity contribution is 0.485. The zero-order valence-electron chi connectivity index (χ0n) is 7.14. The van der Waals surface area contributed by atoms with Gasteiger partial charge in [0.2, 0.25) is 0 Å². The van der Waals surface area contributed by atoms with Gasteiger partial charge in [0.25, 0.3) is 0 Å². The fourth-order valence-electron chi connectivity index (χ4n) is 0.878. The molecule has 0 aliphatic heterocycles. The summed E-state index contributed by atoms with van der Waals surface area (Å²) in [6.45, 7) is 8.01. The summed E-state index contributed by atoms with van der Waals surface area (Å²) in [6.07, 6.45) is 5.53. The van der Waals surface area contributed by atoms with Gasteiger partial charge in [-0.25, -0.2) is 0 Å². The molecule has 0 heterocycles. The van der Waals surface area contributed by atoms with Gasteiger partial charge in [-0.3, -0.25) is 0 Å². The SMILES string of the molecule is C=C[C@H](C)[C@@H](N)CCCC. The van der Waals surface area contributed by atoms with Gasteiger partial charge >= 0.3 is 0 Å². The van der Waals surface area contributed by atoms with Gasteiger partial charge in [0.1, 0.15) is 0 Å². The van der Waals surface area contributed by atoms with Crippen LogP contribution in [0.5, 0.6) is 0 Å². The Morgan fingerprint density at radius 2 is 2.20 bits per heavy atom. The highest BCUT2D eigenvalue weighted by Gasteiger charge is 2.06. The molecular weight excluding hydrogens is 122 g/mol. The van der Waals surface area contributed by atoms with E-state index in [1.165, 1.54) is 12.8 Å². The summed E-state index contributed by atoms with van der Waals surface area (Å²) < 4.78 is 0. The van der Waals surface area contributed by atoms with Crippen molar-refractivity contribution in [1.82, 2.24) is 0 Å². The number of rotatable bonds is 5. The van der Waals surface area contributed by atoms with Crippen molar-refractivity contribution in [2.75, 3.05) is 0 Å². The van der Waals surface area contributed by atoms with Crippen molar-refractivity contribution in [3.8, 4) is 0 Å². The highest BCUT2D eigenvalue weighted by molar-refractivity contribution is 4.83. The Hall–Kier alpha value is -0.300. The molecule has 0 rings (SSSR count). The normalized spacial score (nSPS) is 16.3. The van der Waals surface area contributed by atoms with Gasteiger partial charge in [-0.1, -0.05) is 32.8 Å². The van der Waals surface area contributed by atoms with E-state index in [1.54, 1.807) is 0 Å². The van der Waals surface area contributed by atoms with Crippen LogP contribution >= 0.6 is 0 Å². The quantitative estimate of drug-likeness (QED) is 0.584. The van der Waals surface area contributed by atoms with Gasteiger partial charge in [0.05, 0.1) is 0 Å². The van der Waals surface area contributed by atoms with E-state index in [4.69, 9.17) is 5.73 Å². The molecular formula is C9H19N. The molecule has 10 heavy (non-hydrogen) atoms. The van der Waals surface area contributed by atoms with Crippen molar-refractivity contribution in [3.63, 3.8) is 0 Å². The van der Waals surface area contributed by atoms with Crippen LogP contribution in [0.25, 0.3) is 0 Å². The highest BCUT2D eigenvalue weighted by atomic mass is 14.6. The lowest BCUT2D eigenvalue weighted by atomic mass is 9.98. The predicted octanol–water partition coefficient (Wildman–Crippen LogP) is 2.33. The first kappa shape index (κ1) is 9.70. The Morgan fingerprint density at radius 1 is 1.60 bits per heavy atom. The molecule has 1 heteroatoms. The van der Waals surface area contributed by atoms with Crippen LogP contribution < -0.4 is 5.73 Å². The van der Waals surface area contributed by atoms with Crippen molar-refractivity contribution < 1.29 is 0 Å². The minimum absolute atomic E-state index is 0.317. The molecule has 0 saturated carbocycles. The van der Waals surface area contributed by atoms with Gasteiger partial charge in [0, 0.05) is 6.04 Å². The lowest BCUT2D eigenvalue weighted by Crippen LogP contribution is -2.26. The van der Waals surface area contributed by atoms with E-state index in [1.807, 2.05) is 6.08 Å². The minimum atomic E-state index is 0.317. The molecule has 0 fully saturated rings. The lowest BCUT2D eigenvalue weighted by Gasteiger charge is -2.14. The monoisotopic (exact) mass is 141 g/mol. The maximum absolute atomic E-state index is 5.84. The summed E-state index contributed by atoms with van der Waals surface area (Å²) in [7, 11) is 0. The van der Waals surface area contributed by atoms with E-state index in [-0.39, 0.29) is 0 Å². The predicted molar refractivity (Wildman–Crippen MR) is 46.9 cm³/mol. The van der Waals surface area contributed by atoms with Gasteiger partial charge in [-0.05, 0) is 12.3 Å². The maximum Gasteiger partial charge on any atom is 0.00991 e. The number of nitrogens with two attached hydrogens (primary N) is 1. The molecule has 0 bridgehead atoms. The van der Waals surface area contributed by atoms with Gasteiger partial charge < -0.3 is 5.73 Å². The Labute approximate surface area is 64.3 Å². The smallest absolute Gasteiger partial charge is 0.00991 e. The van der Waals surface area contributed by atoms with E-state index < -0.39 is 0 Å². The molecule has 0 unspecified atom stereocenters.